The van der Waals surface area contributed by atoms with Crippen molar-refractivity contribution in [1.29, 1.82) is 0 Å². The Hall–Kier alpha value is -2.07. The molecule has 1 aliphatic heterocycles. The van der Waals surface area contributed by atoms with Crippen LogP contribution in [0.1, 0.15) is 39.5 Å². The normalized spacial score (nSPS) is 16.5. The molecule has 170 valence electrons. The van der Waals surface area contributed by atoms with Gasteiger partial charge in [-0.2, -0.15) is 11.8 Å². The number of aliphatic hydroxyl groups is 1. The first kappa shape index (κ1) is 26.0. The summed E-state index contributed by atoms with van der Waals surface area (Å²) in [5.41, 5.74) is 0.224. The van der Waals surface area contributed by atoms with Gasteiger partial charge in [-0.15, -0.1) is 0 Å². The number of rotatable bonds is 15. The minimum Gasteiger partial charge on any atom is -0.463 e. The van der Waals surface area contributed by atoms with E-state index in [-0.39, 0.29) is 43.2 Å². The molecule has 3 atom stereocenters. The van der Waals surface area contributed by atoms with E-state index in [1.54, 1.807) is 0 Å². The third-order valence-corrected chi connectivity index (χ3v) is 5.59. The van der Waals surface area contributed by atoms with Crippen molar-refractivity contribution in [2.75, 3.05) is 31.3 Å². The zero-order valence-corrected chi connectivity index (χ0v) is 18.4. The molecule has 0 saturated carbocycles. The van der Waals surface area contributed by atoms with Gasteiger partial charge in [0.2, 0.25) is 12.3 Å². The Labute approximate surface area is 181 Å². The van der Waals surface area contributed by atoms with Crippen LogP contribution in [0.5, 0.6) is 0 Å². The van der Waals surface area contributed by atoms with Gasteiger partial charge in [-0.05, 0) is 26.7 Å². The first-order chi connectivity index (χ1) is 14.2. The van der Waals surface area contributed by atoms with Crippen LogP contribution in [0, 0.1) is 0 Å². The first-order valence-corrected chi connectivity index (χ1v) is 11.1. The number of esters is 2. The Balaban J connectivity index is 2.29. The molecule has 1 rings (SSSR count). The molecule has 0 aromatic rings. The van der Waals surface area contributed by atoms with Crippen LogP contribution in [0.2, 0.25) is 0 Å². The lowest BCUT2D eigenvalue weighted by molar-refractivity contribution is -0.150. The Bertz CT molecular complexity index is 614. The average Bonchev–Trinajstić information content (AvgIpc) is 3.12. The highest BCUT2D eigenvalue weighted by molar-refractivity contribution is 7.99. The zero-order chi connectivity index (χ0) is 22.5. The van der Waals surface area contributed by atoms with Gasteiger partial charge in [-0.25, -0.2) is 4.79 Å². The molecule has 0 aromatic heterocycles. The molecule has 9 nitrogen and oxygen atoms in total. The molecule has 0 bridgehead atoms. The lowest BCUT2D eigenvalue weighted by Gasteiger charge is -2.29. The maximum atomic E-state index is 12.1. The van der Waals surface area contributed by atoms with E-state index < -0.39 is 18.0 Å². The van der Waals surface area contributed by atoms with E-state index in [0.717, 1.165) is 6.42 Å². The van der Waals surface area contributed by atoms with Gasteiger partial charge >= 0.3 is 11.9 Å². The number of nitrogens with one attached hydrogen (secondary N) is 1. The molecule has 2 amide bonds. The monoisotopic (exact) mass is 444 g/mol. The van der Waals surface area contributed by atoms with Gasteiger partial charge in [0.15, 0.2) is 0 Å². The second-order valence-corrected chi connectivity index (χ2v) is 8.46. The molecule has 1 aliphatic rings. The van der Waals surface area contributed by atoms with Gasteiger partial charge in [0, 0.05) is 42.1 Å². The van der Waals surface area contributed by atoms with Crippen molar-refractivity contribution in [2.45, 2.75) is 57.7 Å². The van der Waals surface area contributed by atoms with Gasteiger partial charge in [0.25, 0.3) is 0 Å². The van der Waals surface area contributed by atoms with Crippen LogP contribution in [0.4, 0.5) is 0 Å². The SMILES string of the molecule is C=C(C)C(=O)OCC(O)COC(=O)CCSCC(CC(C)NC=O)N1CCCC1=O. The second-order valence-electron chi connectivity index (χ2n) is 7.31. The summed E-state index contributed by atoms with van der Waals surface area (Å²) in [6.07, 6.45) is 1.76. The fourth-order valence-electron chi connectivity index (χ4n) is 2.91. The van der Waals surface area contributed by atoms with Gasteiger partial charge in [0.1, 0.15) is 19.3 Å². The minimum absolute atomic E-state index is 0.00621. The molecule has 0 aromatic carbocycles. The number of likely N-dealkylation sites (tertiary alicyclic amines) is 1. The van der Waals surface area contributed by atoms with Crippen LogP contribution < -0.4 is 5.32 Å². The van der Waals surface area contributed by atoms with Crippen molar-refractivity contribution >= 4 is 36.0 Å². The Morgan fingerprint density at radius 2 is 2.07 bits per heavy atom. The molecule has 0 aliphatic carbocycles. The Morgan fingerprint density at radius 1 is 1.37 bits per heavy atom. The van der Waals surface area contributed by atoms with Crippen molar-refractivity contribution in [2.24, 2.45) is 0 Å². The predicted molar refractivity (Wildman–Crippen MR) is 113 cm³/mol. The van der Waals surface area contributed by atoms with E-state index in [1.165, 1.54) is 18.7 Å². The summed E-state index contributed by atoms with van der Waals surface area (Å²) in [4.78, 5) is 47.6. The van der Waals surface area contributed by atoms with Crippen LogP contribution in [0.25, 0.3) is 0 Å². The molecule has 2 N–H and O–H groups in total. The fraction of sp³-hybridized carbons (Fsp3) is 0.700. The molecule has 0 spiro atoms. The summed E-state index contributed by atoms with van der Waals surface area (Å²) >= 11 is 1.54. The topological polar surface area (TPSA) is 122 Å². The third-order valence-electron chi connectivity index (χ3n) is 4.48. The highest BCUT2D eigenvalue weighted by Gasteiger charge is 2.28. The van der Waals surface area contributed by atoms with E-state index in [0.29, 0.717) is 37.3 Å². The molecular formula is C20H32N2O7S. The van der Waals surface area contributed by atoms with Crippen LogP contribution in [0.3, 0.4) is 0 Å². The molecule has 3 unspecified atom stereocenters. The molecule has 1 saturated heterocycles. The highest BCUT2D eigenvalue weighted by atomic mass is 32.2. The maximum Gasteiger partial charge on any atom is 0.333 e. The average molecular weight is 445 g/mol. The Morgan fingerprint density at radius 3 is 2.67 bits per heavy atom. The largest absolute Gasteiger partial charge is 0.463 e. The van der Waals surface area contributed by atoms with Gasteiger partial charge < -0.3 is 24.8 Å². The Kier molecular flexibility index (Phi) is 12.1. The van der Waals surface area contributed by atoms with Crippen molar-refractivity contribution in [3.63, 3.8) is 0 Å². The van der Waals surface area contributed by atoms with Crippen molar-refractivity contribution in [3.8, 4) is 0 Å². The van der Waals surface area contributed by atoms with Gasteiger partial charge in [-0.1, -0.05) is 6.58 Å². The van der Waals surface area contributed by atoms with E-state index in [4.69, 9.17) is 9.47 Å². The number of amides is 2. The fourth-order valence-corrected chi connectivity index (χ4v) is 3.98. The van der Waals surface area contributed by atoms with Gasteiger partial charge in [0.05, 0.1) is 6.42 Å². The van der Waals surface area contributed by atoms with E-state index >= 15 is 0 Å². The van der Waals surface area contributed by atoms with Crippen LogP contribution in [0.15, 0.2) is 12.2 Å². The molecule has 30 heavy (non-hydrogen) atoms. The summed E-state index contributed by atoms with van der Waals surface area (Å²) in [6.45, 7) is 7.01. The summed E-state index contributed by atoms with van der Waals surface area (Å²) in [6, 6.07) is -0.0553. The van der Waals surface area contributed by atoms with E-state index in [2.05, 4.69) is 11.9 Å². The number of carbonyl (C=O) groups is 4. The van der Waals surface area contributed by atoms with Crippen LogP contribution in [-0.2, 0) is 28.7 Å². The number of hydrogen-bond donors (Lipinski definition) is 2. The minimum atomic E-state index is -1.10. The maximum absolute atomic E-state index is 12.1. The lowest BCUT2D eigenvalue weighted by atomic mass is 10.1. The summed E-state index contributed by atoms with van der Waals surface area (Å²) in [5, 5.41) is 12.4. The lowest BCUT2D eigenvalue weighted by Crippen LogP contribution is -2.42. The van der Waals surface area contributed by atoms with E-state index in [1.807, 2.05) is 11.8 Å². The quantitative estimate of drug-likeness (QED) is 0.163. The number of nitrogens with zero attached hydrogens (tertiary/aromatic N) is 1. The number of aliphatic hydroxyl groups excluding tert-OH is 1. The number of ether oxygens (including phenoxy) is 2. The molecule has 1 fully saturated rings. The molecular weight excluding hydrogens is 412 g/mol. The smallest absolute Gasteiger partial charge is 0.333 e. The van der Waals surface area contributed by atoms with Crippen molar-refractivity contribution in [3.05, 3.63) is 12.2 Å². The first-order valence-electron chi connectivity index (χ1n) is 9.97. The molecule has 0 radical (unpaired) electrons. The van der Waals surface area contributed by atoms with Crippen LogP contribution >= 0.6 is 11.8 Å². The van der Waals surface area contributed by atoms with Crippen molar-refractivity contribution < 1.29 is 33.8 Å². The third kappa shape index (κ3) is 10.1. The summed E-state index contributed by atoms with van der Waals surface area (Å²) < 4.78 is 9.77. The van der Waals surface area contributed by atoms with E-state index in [9.17, 15) is 24.3 Å². The summed E-state index contributed by atoms with van der Waals surface area (Å²) in [5.74, 6) is 0.217. The zero-order valence-electron chi connectivity index (χ0n) is 17.6. The summed E-state index contributed by atoms with van der Waals surface area (Å²) in [7, 11) is 0. The van der Waals surface area contributed by atoms with Gasteiger partial charge in [-0.3, -0.25) is 14.4 Å². The molecule has 1 heterocycles. The van der Waals surface area contributed by atoms with Crippen molar-refractivity contribution in [1.82, 2.24) is 10.2 Å². The number of thioether (sulfide) groups is 1. The number of carbonyl (C=O) groups excluding carboxylic acids is 4. The molecule has 10 heteroatoms. The second kappa shape index (κ2) is 14.0. The highest BCUT2D eigenvalue weighted by Crippen LogP contribution is 2.21. The van der Waals surface area contributed by atoms with Crippen LogP contribution in [-0.4, -0.2) is 83.7 Å². The number of hydrogen-bond acceptors (Lipinski definition) is 8. The predicted octanol–water partition coefficient (Wildman–Crippen LogP) is 0.649. The standard InChI is InChI=1S/C20H32N2O7S/c1-14(2)20(27)29-11-17(24)10-28-19(26)6-8-30-12-16(9-15(3)21-13-23)22-7-4-5-18(22)25/h13,15-17,24H,1,4-12H2,2-3H3,(H,21,23).